The van der Waals surface area contributed by atoms with E-state index in [4.69, 9.17) is 39.5 Å². The molecule has 0 heterocycles. The Balaban J connectivity index is 1.75. The van der Waals surface area contributed by atoms with Crippen molar-refractivity contribution in [3.63, 3.8) is 0 Å². The molecule has 0 aliphatic rings. The average molecular weight is 438 g/mol. The number of anilines is 1. The maximum atomic E-state index is 11.9. The number of carbonyl (C=O) groups excluding carboxylic acids is 1. The van der Waals surface area contributed by atoms with Gasteiger partial charge >= 0.3 is 0 Å². The van der Waals surface area contributed by atoms with Gasteiger partial charge in [0.25, 0.3) is 0 Å². The van der Waals surface area contributed by atoms with Gasteiger partial charge in [-0.1, -0.05) is 34.8 Å². The Labute approximate surface area is 158 Å². The monoisotopic (exact) mass is 435 g/mol. The highest BCUT2D eigenvalue weighted by atomic mass is 79.9. The molecule has 0 radical (unpaired) electrons. The molecule has 3 nitrogen and oxygen atoms in total. The van der Waals surface area contributed by atoms with Gasteiger partial charge in [0.15, 0.2) is 0 Å². The molecule has 0 aromatic heterocycles. The molecule has 0 atom stereocenters. The Morgan fingerprint density at radius 3 is 2.57 bits per heavy atom. The van der Waals surface area contributed by atoms with Crippen molar-refractivity contribution in [2.75, 3.05) is 11.9 Å². The second kappa shape index (κ2) is 8.78. The molecule has 7 heteroatoms. The third-order valence-electron chi connectivity index (χ3n) is 2.90. The lowest BCUT2D eigenvalue weighted by molar-refractivity contribution is -0.116. The van der Waals surface area contributed by atoms with E-state index in [0.29, 0.717) is 46.0 Å². The zero-order chi connectivity index (χ0) is 16.8. The first-order chi connectivity index (χ1) is 11.0. The number of rotatable bonds is 6. The van der Waals surface area contributed by atoms with Gasteiger partial charge in [0.05, 0.1) is 16.7 Å². The third-order valence-corrected chi connectivity index (χ3v) is 4.65. The van der Waals surface area contributed by atoms with Gasteiger partial charge in [-0.3, -0.25) is 4.79 Å². The Hall–Kier alpha value is -0.940. The SMILES string of the molecule is O=C(CCCOc1ccc(Cl)cc1Cl)Nc1ccc(Cl)c(Br)c1. The minimum atomic E-state index is -0.0926. The summed E-state index contributed by atoms with van der Waals surface area (Å²) in [5.74, 6) is 0.461. The van der Waals surface area contributed by atoms with Crippen LogP contribution in [0.15, 0.2) is 40.9 Å². The van der Waals surface area contributed by atoms with E-state index in [2.05, 4.69) is 21.2 Å². The number of hydrogen-bond acceptors (Lipinski definition) is 2. The van der Waals surface area contributed by atoms with Gasteiger partial charge in [0.1, 0.15) is 5.75 Å². The van der Waals surface area contributed by atoms with E-state index < -0.39 is 0 Å². The van der Waals surface area contributed by atoms with Crippen molar-refractivity contribution in [2.24, 2.45) is 0 Å². The Morgan fingerprint density at radius 1 is 1.09 bits per heavy atom. The number of amides is 1. The molecule has 0 aliphatic carbocycles. The second-order valence-corrected chi connectivity index (χ2v) is 6.81. The Morgan fingerprint density at radius 2 is 1.87 bits per heavy atom. The third kappa shape index (κ3) is 5.88. The smallest absolute Gasteiger partial charge is 0.224 e. The first-order valence-corrected chi connectivity index (χ1v) is 8.71. The van der Waals surface area contributed by atoms with Crippen molar-refractivity contribution in [2.45, 2.75) is 12.8 Å². The number of carbonyl (C=O) groups is 1. The molecule has 0 saturated heterocycles. The predicted octanol–water partition coefficient (Wildman–Crippen LogP) is 6.21. The van der Waals surface area contributed by atoms with Crippen LogP contribution in [0, 0.1) is 0 Å². The van der Waals surface area contributed by atoms with Crippen molar-refractivity contribution in [1.29, 1.82) is 0 Å². The summed E-state index contributed by atoms with van der Waals surface area (Å²) in [7, 11) is 0. The van der Waals surface area contributed by atoms with Crippen molar-refractivity contribution in [3.8, 4) is 5.75 Å². The Bertz CT molecular complexity index is 710. The number of nitrogens with one attached hydrogen (secondary N) is 1. The molecule has 0 saturated carbocycles. The topological polar surface area (TPSA) is 38.3 Å². The lowest BCUT2D eigenvalue weighted by Crippen LogP contribution is -2.12. The highest BCUT2D eigenvalue weighted by molar-refractivity contribution is 9.10. The zero-order valence-electron chi connectivity index (χ0n) is 11.9. The maximum Gasteiger partial charge on any atom is 0.224 e. The molecular weight excluding hydrogens is 424 g/mol. The maximum absolute atomic E-state index is 11.9. The van der Waals surface area contributed by atoms with Crippen LogP contribution >= 0.6 is 50.7 Å². The summed E-state index contributed by atoms with van der Waals surface area (Å²) in [6.07, 6.45) is 0.908. The Kier molecular flexibility index (Phi) is 7.03. The quantitative estimate of drug-likeness (QED) is 0.546. The van der Waals surface area contributed by atoms with Crippen molar-refractivity contribution >= 4 is 62.3 Å². The van der Waals surface area contributed by atoms with Gasteiger partial charge in [-0.2, -0.15) is 0 Å². The number of benzene rings is 2. The van der Waals surface area contributed by atoms with Gasteiger partial charge in [0, 0.05) is 21.6 Å². The molecule has 2 aromatic carbocycles. The van der Waals surface area contributed by atoms with Crippen LogP contribution in [0.5, 0.6) is 5.75 Å². The van der Waals surface area contributed by atoms with E-state index in [1.54, 1.807) is 36.4 Å². The lowest BCUT2D eigenvalue weighted by Gasteiger charge is -2.09. The van der Waals surface area contributed by atoms with Crippen LogP contribution < -0.4 is 10.1 Å². The van der Waals surface area contributed by atoms with Crippen LogP contribution in [0.3, 0.4) is 0 Å². The first kappa shape index (κ1) is 18.4. The van der Waals surface area contributed by atoms with E-state index in [0.717, 1.165) is 4.47 Å². The van der Waals surface area contributed by atoms with Gasteiger partial charge in [0.2, 0.25) is 5.91 Å². The highest BCUT2D eigenvalue weighted by Crippen LogP contribution is 2.28. The van der Waals surface area contributed by atoms with Gasteiger partial charge in [-0.15, -0.1) is 0 Å². The summed E-state index contributed by atoms with van der Waals surface area (Å²) < 4.78 is 6.27. The van der Waals surface area contributed by atoms with E-state index in [-0.39, 0.29) is 5.91 Å². The summed E-state index contributed by atoms with van der Waals surface area (Å²) in [6.45, 7) is 0.388. The summed E-state index contributed by atoms with van der Waals surface area (Å²) in [6, 6.07) is 10.2. The molecular formula is C16H13BrCl3NO2. The number of ether oxygens (including phenoxy) is 1. The van der Waals surface area contributed by atoms with Crippen LogP contribution in [0.2, 0.25) is 15.1 Å². The highest BCUT2D eigenvalue weighted by Gasteiger charge is 2.06. The van der Waals surface area contributed by atoms with Gasteiger partial charge in [-0.25, -0.2) is 0 Å². The van der Waals surface area contributed by atoms with Crippen molar-refractivity contribution < 1.29 is 9.53 Å². The van der Waals surface area contributed by atoms with E-state index in [9.17, 15) is 4.79 Å². The molecule has 122 valence electrons. The fourth-order valence-corrected chi connectivity index (χ4v) is 2.76. The predicted molar refractivity (Wildman–Crippen MR) is 99.0 cm³/mol. The molecule has 0 aliphatic heterocycles. The minimum Gasteiger partial charge on any atom is -0.492 e. The van der Waals surface area contributed by atoms with E-state index in [1.165, 1.54) is 0 Å². The molecule has 0 unspecified atom stereocenters. The standard InChI is InChI=1S/C16H13BrCl3NO2/c17-12-9-11(4-5-13(12)19)21-16(22)2-1-7-23-15-6-3-10(18)8-14(15)20/h3-6,8-9H,1-2,7H2,(H,21,22). The largest absolute Gasteiger partial charge is 0.492 e. The summed E-state index contributed by atoms with van der Waals surface area (Å²) in [5.41, 5.74) is 0.688. The fraction of sp³-hybridized carbons (Fsp3) is 0.188. The van der Waals surface area contributed by atoms with Gasteiger partial charge in [-0.05, 0) is 58.7 Å². The molecule has 23 heavy (non-hydrogen) atoms. The summed E-state index contributed by atoms with van der Waals surface area (Å²) >= 11 is 21.0. The number of hydrogen-bond donors (Lipinski definition) is 1. The minimum absolute atomic E-state index is 0.0926. The summed E-state index contributed by atoms with van der Waals surface area (Å²) in [5, 5.41) is 4.40. The van der Waals surface area contributed by atoms with Crippen LogP contribution in [0.25, 0.3) is 0 Å². The fourth-order valence-electron chi connectivity index (χ4n) is 1.80. The molecule has 0 spiro atoms. The van der Waals surface area contributed by atoms with Gasteiger partial charge < -0.3 is 10.1 Å². The van der Waals surface area contributed by atoms with Crippen LogP contribution in [-0.2, 0) is 4.79 Å². The molecule has 0 bridgehead atoms. The molecule has 0 fully saturated rings. The molecule has 2 rings (SSSR count). The van der Waals surface area contributed by atoms with Crippen LogP contribution in [0.1, 0.15) is 12.8 Å². The van der Waals surface area contributed by atoms with Crippen LogP contribution in [0.4, 0.5) is 5.69 Å². The van der Waals surface area contributed by atoms with Crippen molar-refractivity contribution in [1.82, 2.24) is 0 Å². The number of halogens is 4. The average Bonchev–Trinajstić information content (AvgIpc) is 2.49. The second-order valence-electron chi connectivity index (χ2n) is 4.70. The molecule has 1 amide bonds. The van der Waals surface area contributed by atoms with Crippen molar-refractivity contribution in [3.05, 3.63) is 55.9 Å². The first-order valence-electron chi connectivity index (χ1n) is 6.78. The van der Waals surface area contributed by atoms with E-state index in [1.807, 2.05) is 0 Å². The molecule has 1 N–H and O–H groups in total. The normalized spacial score (nSPS) is 10.4. The zero-order valence-corrected chi connectivity index (χ0v) is 15.8. The lowest BCUT2D eigenvalue weighted by atomic mass is 10.2. The summed E-state index contributed by atoms with van der Waals surface area (Å²) in [4.78, 5) is 11.9. The van der Waals surface area contributed by atoms with Crippen LogP contribution in [-0.4, -0.2) is 12.5 Å². The van der Waals surface area contributed by atoms with E-state index >= 15 is 0 Å². The molecule has 2 aromatic rings.